The Bertz CT molecular complexity index is 263. The van der Waals surface area contributed by atoms with Crippen LogP contribution in [0.3, 0.4) is 0 Å². The highest BCUT2D eigenvalue weighted by molar-refractivity contribution is 4.98. The van der Waals surface area contributed by atoms with Crippen LogP contribution in [-0.4, -0.2) is 136 Å². The maximum Gasteiger partial charge on any atom is 0.111 e. The fourth-order valence-corrected chi connectivity index (χ4v) is 1.88. The van der Waals surface area contributed by atoms with Gasteiger partial charge in [0.1, 0.15) is 61.0 Å². The van der Waals surface area contributed by atoms with E-state index in [0.29, 0.717) is 0 Å². The molecular formula is C12H26O12. The van der Waals surface area contributed by atoms with Crippen LogP contribution in [0.4, 0.5) is 0 Å². The molecule has 0 amide bonds. The Morgan fingerprint density at radius 3 is 0.750 bits per heavy atom. The number of rotatable bonds is 5. The molecule has 1 aliphatic carbocycles. The van der Waals surface area contributed by atoms with E-state index < -0.39 is 74.3 Å². The van der Waals surface area contributed by atoms with Crippen molar-refractivity contribution in [3.63, 3.8) is 0 Å². The van der Waals surface area contributed by atoms with Crippen molar-refractivity contribution in [2.75, 3.05) is 13.2 Å². The second kappa shape index (κ2) is 10.5. The van der Waals surface area contributed by atoms with E-state index in [1.807, 2.05) is 0 Å². The first-order chi connectivity index (χ1) is 11.0. The lowest BCUT2D eigenvalue weighted by Crippen LogP contribution is -2.63. The second-order valence-corrected chi connectivity index (χ2v) is 5.42. The van der Waals surface area contributed by atoms with E-state index in [4.69, 9.17) is 61.3 Å². The summed E-state index contributed by atoms with van der Waals surface area (Å²) in [6.07, 6.45) is -16.2. The topological polar surface area (TPSA) is 243 Å². The van der Waals surface area contributed by atoms with Crippen molar-refractivity contribution in [3.05, 3.63) is 0 Å². The van der Waals surface area contributed by atoms with Gasteiger partial charge >= 0.3 is 0 Å². The lowest BCUT2D eigenvalue weighted by molar-refractivity contribution is -0.223. The first-order valence-electron chi connectivity index (χ1n) is 7.03. The number of hydrogen-bond donors (Lipinski definition) is 12. The molecule has 1 fully saturated rings. The Morgan fingerprint density at radius 1 is 0.458 bits per heavy atom. The summed E-state index contributed by atoms with van der Waals surface area (Å²) in [5, 5.41) is 106. The molecule has 146 valence electrons. The maximum atomic E-state index is 8.97. The van der Waals surface area contributed by atoms with Gasteiger partial charge in [0, 0.05) is 0 Å². The molecule has 0 heterocycles. The molecule has 0 aromatic heterocycles. The molecular weight excluding hydrogens is 336 g/mol. The van der Waals surface area contributed by atoms with Gasteiger partial charge in [-0.05, 0) is 0 Å². The predicted molar refractivity (Wildman–Crippen MR) is 74.2 cm³/mol. The van der Waals surface area contributed by atoms with Gasteiger partial charge in [0.25, 0.3) is 0 Å². The van der Waals surface area contributed by atoms with Crippen LogP contribution in [-0.2, 0) is 0 Å². The summed E-state index contributed by atoms with van der Waals surface area (Å²) in [6.45, 7) is -1.45. The van der Waals surface area contributed by atoms with E-state index in [2.05, 4.69) is 0 Å². The summed E-state index contributed by atoms with van der Waals surface area (Å²) in [6, 6.07) is 0. The van der Waals surface area contributed by atoms with Crippen molar-refractivity contribution in [3.8, 4) is 0 Å². The smallest absolute Gasteiger partial charge is 0.111 e. The van der Waals surface area contributed by atoms with Crippen molar-refractivity contribution in [1.29, 1.82) is 0 Å². The Kier molecular flexibility index (Phi) is 10.3. The molecule has 12 heteroatoms. The van der Waals surface area contributed by atoms with E-state index >= 15 is 0 Å². The predicted octanol–water partition coefficient (Wildman–Crippen LogP) is -7.42. The molecule has 1 rings (SSSR count). The quantitative estimate of drug-likeness (QED) is 0.218. The van der Waals surface area contributed by atoms with Gasteiger partial charge in [-0.15, -0.1) is 0 Å². The highest BCUT2D eigenvalue weighted by Gasteiger charge is 2.47. The molecule has 0 saturated heterocycles. The summed E-state index contributed by atoms with van der Waals surface area (Å²) in [5.74, 6) is 0. The monoisotopic (exact) mass is 362 g/mol. The molecule has 0 radical (unpaired) electrons. The zero-order chi connectivity index (χ0) is 19.2. The molecule has 4 atom stereocenters. The van der Waals surface area contributed by atoms with E-state index in [9.17, 15) is 0 Å². The van der Waals surface area contributed by atoms with Crippen LogP contribution in [0.25, 0.3) is 0 Å². The first-order valence-corrected chi connectivity index (χ1v) is 7.03. The summed E-state index contributed by atoms with van der Waals surface area (Å²) in [7, 11) is 0. The fraction of sp³-hybridized carbons (Fsp3) is 1.00. The third kappa shape index (κ3) is 5.80. The Hall–Kier alpha value is -0.480. The van der Waals surface area contributed by atoms with Gasteiger partial charge < -0.3 is 61.3 Å². The average Bonchev–Trinajstić information content (AvgIpc) is 2.60. The fourth-order valence-electron chi connectivity index (χ4n) is 1.88. The molecule has 0 aromatic rings. The largest absolute Gasteiger partial charge is 0.394 e. The highest BCUT2D eigenvalue weighted by Crippen LogP contribution is 2.20. The van der Waals surface area contributed by atoms with Gasteiger partial charge in [-0.25, -0.2) is 0 Å². The minimum atomic E-state index is -1.67. The zero-order valence-corrected chi connectivity index (χ0v) is 12.6. The van der Waals surface area contributed by atoms with Gasteiger partial charge in [0.2, 0.25) is 0 Å². The van der Waals surface area contributed by atoms with Crippen LogP contribution >= 0.6 is 0 Å². The van der Waals surface area contributed by atoms with Gasteiger partial charge in [0.15, 0.2) is 0 Å². The van der Waals surface area contributed by atoms with Gasteiger partial charge in [-0.1, -0.05) is 0 Å². The first kappa shape index (κ1) is 23.5. The molecule has 0 aliphatic heterocycles. The van der Waals surface area contributed by atoms with Gasteiger partial charge in [-0.3, -0.25) is 0 Å². The van der Waals surface area contributed by atoms with Crippen molar-refractivity contribution < 1.29 is 61.3 Å². The molecule has 1 aliphatic rings. The normalized spacial score (nSPS) is 38.5. The highest BCUT2D eigenvalue weighted by atomic mass is 16.4. The lowest BCUT2D eigenvalue weighted by atomic mass is 9.85. The Balaban J connectivity index is 0.000000441. The van der Waals surface area contributed by atoms with Crippen LogP contribution in [0.2, 0.25) is 0 Å². The third-order valence-corrected chi connectivity index (χ3v) is 3.61. The van der Waals surface area contributed by atoms with Crippen molar-refractivity contribution >= 4 is 0 Å². The van der Waals surface area contributed by atoms with Crippen LogP contribution in [0.15, 0.2) is 0 Å². The summed E-state index contributed by atoms with van der Waals surface area (Å²) in [4.78, 5) is 0. The SMILES string of the molecule is OC1C(O)C(O)C(O)C(O)C1O.OC[C@@H](O)[C@@H](O)[C@H](O)[C@@H](O)CO. The zero-order valence-electron chi connectivity index (χ0n) is 12.6. The van der Waals surface area contributed by atoms with Crippen LogP contribution < -0.4 is 0 Å². The van der Waals surface area contributed by atoms with Crippen molar-refractivity contribution in [1.82, 2.24) is 0 Å². The second-order valence-electron chi connectivity index (χ2n) is 5.42. The molecule has 0 spiro atoms. The van der Waals surface area contributed by atoms with Gasteiger partial charge in [0.05, 0.1) is 13.2 Å². The van der Waals surface area contributed by atoms with E-state index in [0.717, 1.165) is 0 Å². The maximum absolute atomic E-state index is 8.97. The standard InChI is InChI=1S/C6H12O6.C6H14O6/c7-1-2(8)4(10)6(12)5(11)3(1)9;7-1-3(9)5(11)6(12)4(10)2-8/h1-12H;3-12H,1-2H2/t;3-,4+,5-,6-/m.1/s1. The number of aliphatic hydroxyl groups excluding tert-OH is 12. The van der Waals surface area contributed by atoms with Crippen molar-refractivity contribution in [2.45, 2.75) is 61.0 Å². The van der Waals surface area contributed by atoms with Crippen LogP contribution in [0.1, 0.15) is 0 Å². The van der Waals surface area contributed by atoms with E-state index in [1.165, 1.54) is 0 Å². The molecule has 1 saturated carbocycles. The third-order valence-electron chi connectivity index (χ3n) is 3.61. The van der Waals surface area contributed by atoms with Crippen LogP contribution in [0, 0.1) is 0 Å². The van der Waals surface area contributed by atoms with Crippen LogP contribution in [0.5, 0.6) is 0 Å². The molecule has 24 heavy (non-hydrogen) atoms. The number of hydrogen-bond acceptors (Lipinski definition) is 12. The van der Waals surface area contributed by atoms with E-state index in [1.54, 1.807) is 0 Å². The van der Waals surface area contributed by atoms with E-state index in [-0.39, 0.29) is 0 Å². The van der Waals surface area contributed by atoms with Crippen molar-refractivity contribution in [2.24, 2.45) is 0 Å². The summed E-state index contributed by atoms with van der Waals surface area (Å²) < 4.78 is 0. The summed E-state index contributed by atoms with van der Waals surface area (Å²) >= 11 is 0. The minimum absolute atomic E-state index is 0.726. The number of aliphatic hydroxyl groups is 12. The molecule has 12 N–H and O–H groups in total. The molecule has 12 nitrogen and oxygen atoms in total. The lowest BCUT2D eigenvalue weighted by Gasteiger charge is -2.39. The molecule has 0 unspecified atom stereocenters. The Morgan fingerprint density at radius 2 is 0.625 bits per heavy atom. The summed E-state index contributed by atoms with van der Waals surface area (Å²) in [5.41, 5.74) is 0. The molecule has 0 aromatic carbocycles. The molecule has 0 bridgehead atoms. The Labute approximate surface area is 136 Å². The minimum Gasteiger partial charge on any atom is -0.394 e. The van der Waals surface area contributed by atoms with Gasteiger partial charge in [-0.2, -0.15) is 0 Å². The average molecular weight is 362 g/mol.